The monoisotopic (exact) mass is 247 g/mol. The molecule has 0 spiro atoms. The Bertz CT molecular complexity index is 430. The fraction of sp³-hybridized carbons (Fsp3) is 0.429. The van der Waals surface area contributed by atoms with Crippen molar-refractivity contribution in [2.45, 2.75) is 20.0 Å². The minimum absolute atomic E-state index is 0.0164. The van der Waals surface area contributed by atoms with Crippen LogP contribution in [0.4, 0.5) is 0 Å². The zero-order valence-corrected chi connectivity index (χ0v) is 10.4. The molecule has 1 aliphatic rings. The topological polar surface area (TPSA) is 55.4 Å². The van der Waals surface area contributed by atoms with Crippen LogP contribution in [0.15, 0.2) is 30.3 Å². The first-order valence-electron chi connectivity index (χ1n) is 6.14. The number of nitrogens with one attached hydrogen (secondary N) is 1. The van der Waals surface area contributed by atoms with E-state index in [1.54, 1.807) is 0 Å². The molecule has 0 saturated carbocycles. The van der Waals surface area contributed by atoms with Gasteiger partial charge in [-0.15, -0.1) is 0 Å². The van der Waals surface area contributed by atoms with Gasteiger partial charge in [-0.05, 0) is 11.5 Å². The van der Waals surface area contributed by atoms with Crippen LogP contribution in [0.25, 0.3) is 0 Å². The molecule has 96 valence electrons. The highest BCUT2D eigenvalue weighted by Gasteiger charge is 2.31. The van der Waals surface area contributed by atoms with Gasteiger partial charge in [-0.1, -0.05) is 37.3 Å². The minimum atomic E-state index is -0.243. The van der Waals surface area contributed by atoms with E-state index in [1.165, 1.54) is 0 Å². The molecule has 0 aliphatic carbocycles. The fourth-order valence-corrected chi connectivity index (χ4v) is 2.03. The highest BCUT2D eigenvalue weighted by atomic mass is 16.5. The maximum absolute atomic E-state index is 11.8. The van der Waals surface area contributed by atoms with Crippen molar-refractivity contribution in [3.05, 3.63) is 35.9 Å². The minimum Gasteiger partial charge on any atom is -0.461 e. The predicted molar refractivity (Wildman–Crippen MR) is 66.5 cm³/mol. The summed E-state index contributed by atoms with van der Waals surface area (Å²) in [5.41, 5.74) is 0.971. The lowest BCUT2D eigenvalue weighted by atomic mass is 9.93. The molecular weight excluding hydrogens is 230 g/mol. The van der Waals surface area contributed by atoms with Crippen LogP contribution in [0, 0.1) is 11.8 Å². The lowest BCUT2D eigenvalue weighted by Gasteiger charge is -2.16. The molecule has 18 heavy (non-hydrogen) atoms. The zero-order valence-electron chi connectivity index (χ0n) is 10.4. The number of benzene rings is 1. The van der Waals surface area contributed by atoms with Crippen molar-refractivity contribution >= 4 is 11.9 Å². The largest absolute Gasteiger partial charge is 0.461 e. The van der Waals surface area contributed by atoms with E-state index in [1.807, 2.05) is 37.3 Å². The van der Waals surface area contributed by atoms with Gasteiger partial charge in [0.15, 0.2) is 0 Å². The van der Waals surface area contributed by atoms with E-state index in [4.69, 9.17) is 4.74 Å². The molecule has 1 aliphatic heterocycles. The predicted octanol–water partition coefficient (Wildman–Crippen LogP) is 1.50. The molecule has 0 unspecified atom stereocenters. The number of carbonyl (C=O) groups is 2. The Kier molecular flexibility index (Phi) is 3.97. The van der Waals surface area contributed by atoms with Gasteiger partial charge in [-0.2, -0.15) is 0 Å². The van der Waals surface area contributed by atoms with E-state index in [-0.39, 0.29) is 30.3 Å². The summed E-state index contributed by atoms with van der Waals surface area (Å²) >= 11 is 0. The molecule has 2 atom stereocenters. The van der Waals surface area contributed by atoms with E-state index in [0.717, 1.165) is 5.56 Å². The third-order valence-electron chi connectivity index (χ3n) is 3.31. The van der Waals surface area contributed by atoms with E-state index in [2.05, 4.69) is 5.32 Å². The zero-order chi connectivity index (χ0) is 13.0. The summed E-state index contributed by atoms with van der Waals surface area (Å²) in [6.45, 7) is 2.68. The normalized spacial score (nSPS) is 20.3. The van der Waals surface area contributed by atoms with Gasteiger partial charge in [0, 0.05) is 13.0 Å². The second-order valence-corrected chi connectivity index (χ2v) is 4.65. The first-order chi connectivity index (χ1) is 8.66. The van der Waals surface area contributed by atoms with Crippen LogP contribution in [0.1, 0.15) is 18.9 Å². The first-order valence-corrected chi connectivity index (χ1v) is 6.14. The first kappa shape index (κ1) is 12.6. The standard InChI is InChI=1S/C14H17NO3/c1-10(12-7-13(16)15-8-12)14(17)18-9-11-5-3-2-4-6-11/h2-6,10,12H,7-9H2,1H3,(H,15,16)/t10-,12-/m1/s1. The van der Waals surface area contributed by atoms with Crippen LogP contribution in [0.3, 0.4) is 0 Å². The molecule has 0 bridgehead atoms. The molecular formula is C14H17NO3. The maximum Gasteiger partial charge on any atom is 0.309 e. The van der Waals surface area contributed by atoms with Crippen LogP contribution < -0.4 is 5.32 Å². The Labute approximate surface area is 106 Å². The average molecular weight is 247 g/mol. The highest BCUT2D eigenvalue weighted by molar-refractivity contribution is 5.80. The number of esters is 1. The van der Waals surface area contributed by atoms with Crippen LogP contribution >= 0.6 is 0 Å². The Balaban J connectivity index is 1.83. The van der Waals surface area contributed by atoms with Crippen molar-refractivity contribution < 1.29 is 14.3 Å². The number of rotatable bonds is 4. The van der Waals surface area contributed by atoms with Crippen molar-refractivity contribution in [3.63, 3.8) is 0 Å². The molecule has 2 rings (SSSR count). The van der Waals surface area contributed by atoms with E-state index in [0.29, 0.717) is 13.0 Å². The van der Waals surface area contributed by atoms with Gasteiger partial charge < -0.3 is 10.1 Å². The Morgan fingerprint density at radius 1 is 1.44 bits per heavy atom. The third-order valence-corrected chi connectivity index (χ3v) is 3.31. The summed E-state index contributed by atoms with van der Waals surface area (Å²) in [5, 5.41) is 2.73. The molecule has 0 aromatic heterocycles. The van der Waals surface area contributed by atoms with Crippen LogP contribution in [-0.4, -0.2) is 18.4 Å². The molecule has 1 fully saturated rings. The van der Waals surface area contributed by atoms with Gasteiger partial charge in [0.2, 0.25) is 5.91 Å². The summed E-state index contributed by atoms with van der Waals surface area (Å²) in [4.78, 5) is 22.9. The smallest absolute Gasteiger partial charge is 0.309 e. The molecule has 1 saturated heterocycles. The molecule has 0 radical (unpaired) electrons. The summed E-state index contributed by atoms with van der Waals surface area (Å²) < 4.78 is 5.26. The van der Waals surface area contributed by atoms with Gasteiger partial charge in [-0.3, -0.25) is 9.59 Å². The average Bonchev–Trinajstić information content (AvgIpc) is 2.83. The summed E-state index contributed by atoms with van der Waals surface area (Å²) in [6.07, 6.45) is 0.418. The number of hydrogen-bond donors (Lipinski definition) is 1. The van der Waals surface area contributed by atoms with Gasteiger partial charge >= 0.3 is 5.97 Å². The Morgan fingerprint density at radius 2 is 2.17 bits per heavy atom. The second kappa shape index (κ2) is 5.67. The molecule has 1 N–H and O–H groups in total. The van der Waals surface area contributed by atoms with Gasteiger partial charge in [-0.25, -0.2) is 0 Å². The summed E-state index contributed by atoms with van der Waals surface area (Å²) in [7, 11) is 0. The van der Waals surface area contributed by atoms with Crippen molar-refractivity contribution in [2.75, 3.05) is 6.54 Å². The third kappa shape index (κ3) is 3.09. The fourth-order valence-electron chi connectivity index (χ4n) is 2.03. The highest BCUT2D eigenvalue weighted by Crippen LogP contribution is 2.21. The summed E-state index contributed by atoms with van der Waals surface area (Å²) in [5.74, 6) is -0.406. The molecule has 1 heterocycles. The number of ether oxygens (including phenoxy) is 1. The SMILES string of the molecule is C[C@@H](C(=O)OCc1ccccc1)[C@H]1CNC(=O)C1. The Morgan fingerprint density at radius 3 is 2.78 bits per heavy atom. The van der Waals surface area contributed by atoms with Gasteiger partial charge in [0.25, 0.3) is 0 Å². The molecule has 1 aromatic rings. The van der Waals surface area contributed by atoms with Crippen molar-refractivity contribution in [3.8, 4) is 0 Å². The number of hydrogen-bond acceptors (Lipinski definition) is 3. The van der Waals surface area contributed by atoms with Gasteiger partial charge in [0.05, 0.1) is 5.92 Å². The lowest BCUT2D eigenvalue weighted by Crippen LogP contribution is -2.24. The van der Waals surface area contributed by atoms with Crippen molar-refractivity contribution in [2.24, 2.45) is 11.8 Å². The molecule has 1 aromatic carbocycles. The Hall–Kier alpha value is -1.84. The second-order valence-electron chi connectivity index (χ2n) is 4.65. The van der Waals surface area contributed by atoms with Crippen molar-refractivity contribution in [1.29, 1.82) is 0 Å². The lowest BCUT2D eigenvalue weighted by molar-refractivity contribution is -0.151. The maximum atomic E-state index is 11.8. The molecule has 1 amide bonds. The quantitative estimate of drug-likeness (QED) is 0.820. The van der Waals surface area contributed by atoms with Crippen LogP contribution in [-0.2, 0) is 20.9 Å². The van der Waals surface area contributed by atoms with E-state index >= 15 is 0 Å². The summed E-state index contributed by atoms with van der Waals surface area (Å²) in [6, 6.07) is 9.57. The van der Waals surface area contributed by atoms with Gasteiger partial charge in [0.1, 0.15) is 6.61 Å². The van der Waals surface area contributed by atoms with E-state index < -0.39 is 0 Å². The molecule has 4 heteroatoms. The number of carbonyl (C=O) groups excluding carboxylic acids is 2. The number of amides is 1. The van der Waals surface area contributed by atoms with Crippen LogP contribution in [0.5, 0.6) is 0 Å². The van der Waals surface area contributed by atoms with Crippen molar-refractivity contribution in [1.82, 2.24) is 5.32 Å². The molecule has 4 nitrogen and oxygen atoms in total. The van der Waals surface area contributed by atoms with Crippen LogP contribution in [0.2, 0.25) is 0 Å². The van der Waals surface area contributed by atoms with E-state index in [9.17, 15) is 9.59 Å².